The second-order valence-electron chi connectivity index (χ2n) is 5.18. The van der Waals surface area contributed by atoms with Crippen molar-refractivity contribution in [2.75, 3.05) is 12.0 Å². The fraction of sp³-hybridized carbons (Fsp3) is 0.0556. The number of anilines is 1. The number of urea groups is 1. The number of nitrogens with one attached hydrogen (secondary N) is 1. The van der Waals surface area contributed by atoms with E-state index in [1.165, 1.54) is 13.2 Å². The number of amides is 4. The fourth-order valence-corrected chi connectivity index (χ4v) is 2.62. The third kappa shape index (κ3) is 3.25. The van der Waals surface area contributed by atoms with Gasteiger partial charge in [-0.25, -0.2) is 9.69 Å². The highest BCUT2D eigenvalue weighted by molar-refractivity contribution is 6.39. The number of rotatable bonds is 3. The highest BCUT2D eigenvalue weighted by atomic mass is 35.5. The number of hydrogen-bond donors (Lipinski definition) is 1. The standard InChI is InChI=1S/C18H13ClN2O4/c1-25-15-8-7-12(19)9-11(15)10-14-16(22)20-18(24)21(17(14)23)13-5-3-2-4-6-13/h2-10H,1H3,(H,20,22,24)/b14-10+. The molecule has 0 saturated carbocycles. The second-order valence-corrected chi connectivity index (χ2v) is 5.62. The van der Waals surface area contributed by atoms with Crippen molar-refractivity contribution in [1.82, 2.24) is 5.32 Å². The first-order valence-corrected chi connectivity index (χ1v) is 7.69. The summed E-state index contributed by atoms with van der Waals surface area (Å²) in [6.07, 6.45) is 1.35. The van der Waals surface area contributed by atoms with Crippen LogP contribution in [0.2, 0.25) is 5.02 Å². The van der Waals surface area contributed by atoms with Gasteiger partial charge in [-0.1, -0.05) is 29.8 Å². The average Bonchev–Trinajstić information content (AvgIpc) is 2.59. The number of carbonyl (C=O) groups is 3. The minimum absolute atomic E-state index is 0.191. The van der Waals surface area contributed by atoms with Gasteiger partial charge in [0.25, 0.3) is 11.8 Å². The maximum absolute atomic E-state index is 12.7. The van der Waals surface area contributed by atoms with Crippen LogP contribution in [0.25, 0.3) is 6.08 Å². The van der Waals surface area contributed by atoms with E-state index in [2.05, 4.69) is 5.32 Å². The molecular weight excluding hydrogens is 344 g/mol. The molecule has 1 saturated heterocycles. The summed E-state index contributed by atoms with van der Waals surface area (Å²) in [4.78, 5) is 37.9. The Morgan fingerprint density at radius 2 is 1.80 bits per heavy atom. The number of nitrogens with zero attached hydrogens (tertiary/aromatic N) is 1. The van der Waals surface area contributed by atoms with Gasteiger partial charge in [0.15, 0.2) is 0 Å². The molecule has 2 aromatic carbocycles. The molecule has 1 heterocycles. The summed E-state index contributed by atoms with van der Waals surface area (Å²) in [6.45, 7) is 0. The Morgan fingerprint density at radius 1 is 1.08 bits per heavy atom. The molecule has 1 fully saturated rings. The zero-order chi connectivity index (χ0) is 18.0. The zero-order valence-corrected chi connectivity index (χ0v) is 13.9. The molecule has 6 nitrogen and oxygen atoms in total. The van der Waals surface area contributed by atoms with E-state index < -0.39 is 17.8 Å². The van der Waals surface area contributed by atoms with Gasteiger partial charge >= 0.3 is 6.03 Å². The van der Waals surface area contributed by atoms with Gasteiger partial charge in [0, 0.05) is 10.6 Å². The van der Waals surface area contributed by atoms with E-state index >= 15 is 0 Å². The zero-order valence-electron chi connectivity index (χ0n) is 13.2. The van der Waals surface area contributed by atoms with Crippen LogP contribution in [0.4, 0.5) is 10.5 Å². The van der Waals surface area contributed by atoms with Gasteiger partial charge < -0.3 is 4.74 Å². The first-order valence-electron chi connectivity index (χ1n) is 7.31. The van der Waals surface area contributed by atoms with Gasteiger partial charge in [0.1, 0.15) is 11.3 Å². The molecule has 0 bridgehead atoms. The van der Waals surface area contributed by atoms with E-state index in [0.29, 0.717) is 22.0 Å². The molecule has 1 N–H and O–H groups in total. The first-order chi connectivity index (χ1) is 12.0. The molecule has 1 aliphatic heterocycles. The fourth-order valence-electron chi connectivity index (χ4n) is 2.44. The molecule has 0 radical (unpaired) electrons. The average molecular weight is 357 g/mol. The van der Waals surface area contributed by atoms with Gasteiger partial charge in [0.2, 0.25) is 0 Å². The summed E-state index contributed by atoms with van der Waals surface area (Å²) in [5.74, 6) is -1.05. The lowest BCUT2D eigenvalue weighted by atomic mass is 10.1. The number of ether oxygens (including phenoxy) is 1. The number of hydrogen-bond acceptors (Lipinski definition) is 4. The van der Waals surface area contributed by atoms with Crippen molar-refractivity contribution in [3.05, 3.63) is 64.7 Å². The molecule has 0 spiro atoms. The Morgan fingerprint density at radius 3 is 2.48 bits per heavy atom. The van der Waals surface area contributed by atoms with E-state index in [9.17, 15) is 14.4 Å². The summed E-state index contributed by atoms with van der Waals surface area (Å²) in [7, 11) is 1.47. The number of carbonyl (C=O) groups excluding carboxylic acids is 3. The van der Waals surface area contributed by atoms with Crippen molar-refractivity contribution in [1.29, 1.82) is 0 Å². The van der Waals surface area contributed by atoms with Gasteiger partial charge in [-0.05, 0) is 36.4 Å². The first kappa shape index (κ1) is 16.7. The van der Waals surface area contributed by atoms with Gasteiger partial charge in [0.05, 0.1) is 12.8 Å². The summed E-state index contributed by atoms with van der Waals surface area (Å²) < 4.78 is 5.22. The quantitative estimate of drug-likeness (QED) is 0.677. The van der Waals surface area contributed by atoms with Crippen LogP contribution in [0.15, 0.2) is 54.1 Å². The predicted octanol–water partition coefficient (Wildman–Crippen LogP) is 3.02. The molecular formula is C18H13ClN2O4. The largest absolute Gasteiger partial charge is 0.496 e. The normalized spacial score (nSPS) is 16.2. The van der Waals surface area contributed by atoms with Crippen molar-refractivity contribution >= 4 is 41.2 Å². The minimum atomic E-state index is -0.795. The van der Waals surface area contributed by atoms with Crippen LogP contribution >= 0.6 is 11.6 Å². The summed E-state index contributed by atoms with van der Waals surface area (Å²) in [5.41, 5.74) is 0.626. The van der Waals surface area contributed by atoms with Crippen LogP contribution in [0.1, 0.15) is 5.56 Å². The van der Waals surface area contributed by atoms with Crippen LogP contribution in [0.3, 0.4) is 0 Å². The number of methoxy groups -OCH3 is 1. The Balaban J connectivity index is 2.07. The second kappa shape index (κ2) is 6.78. The highest BCUT2D eigenvalue weighted by Crippen LogP contribution is 2.27. The summed E-state index contributed by atoms with van der Waals surface area (Å²) in [5, 5.41) is 2.59. The monoisotopic (exact) mass is 356 g/mol. The highest BCUT2D eigenvalue weighted by Gasteiger charge is 2.36. The smallest absolute Gasteiger partial charge is 0.335 e. The van der Waals surface area contributed by atoms with Gasteiger partial charge in [-0.2, -0.15) is 0 Å². The molecule has 4 amide bonds. The lowest BCUT2D eigenvalue weighted by molar-refractivity contribution is -0.122. The Bertz CT molecular complexity index is 893. The molecule has 7 heteroatoms. The van der Waals surface area contributed by atoms with Crippen molar-refractivity contribution in [3.8, 4) is 5.75 Å². The third-order valence-corrected chi connectivity index (χ3v) is 3.84. The Hall–Kier alpha value is -3.12. The van der Waals surface area contributed by atoms with Crippen LogP contribution in [-0.2, 0) is 9.59 Å². The number of benzene rings is 2. The van der Waals surface area contributed by atoms with Crippen molar-refractivity contribution < 1.29 is 19.1 Å². The summed E-state index contributed by atoms with van der Waals surface area (Å²) in [6, 6.07) is 12.4. The maximum Gasteiger partial charge on any atom is 0.335 e. The van der Waals surface area contributed by atoms with Crippen LogP contribution in [0.5, 0.6) is 5.75 Å². The van der Waals surface area contributed by atoms with Gasteiger partial charge in [-0.15, -0.1) is 0 Å². The van der Waals surface area contributed by atoms with Crippen molar-refractivity contribution in [3.63, 3.8) is 0 Å². The van der Waals surface area contributed by atoms with E-state index in [1.807, 2.05) is 0 Å². The van der Waals surface area contributed by atoms with E-state index in [1.54, 1.807) is 48.5 Å². The molecule has 0 aromatic heterocycles. The molecule has 25 heavy (non-hydrogen) atoms. The minimum Gasteiger partial charge on any atom is -0.496 e. The van der Waals surface area contributed by atoms with E-state index in [-0.39, 0.29) is 5.57 Å². The molecule has 3 rings (SSSR count). The number of para-hydroxylation sites is 1. The number of imide groups is 2. The SMILES string of the molecule is COc1ccc(Cl)cc1/C=C1\C(=O)NC(=O)N(c2ccccc2)C1=O. The molecule has 2 aromatic rings. The Kier molecular flexibility index (Phi) is 4.54. The van der Waals surface area contributed by atoms with Crippen molar-refractivity contribution in [2.45, 2.75) is 0 Å². The lowest BCUT2D eigenvalue weighted by Gasteiger charge is -2.26. The van der Waals surface area contributed by atoms with Crippen molar-refractivity contribution in [2.24, 2.45) is 0 Å². The molecule has 0 atom stereocenters. The number of barbiturate groups is 1. The predicted molar refractivity (Wildman–Crippen MR) is 93.4 cm³/mol. The number of halogens is 1. The Labute approximate surface area is 148 Å². The topological polar surface area (TPSA) is 75.7 Å². The third-order valence-electron chi connectivity index (χ3n) is 3.61. The molecule has 0 unspecified atom stereocenters. The van der Waals surface area contributed by atoms with E-state index in [4.69, 9.17) is 16.3 Å². The maximum atomic E-state index is 12.7. The lowest BCUT2D eigenvalue weighted by Crippen LogP contribution is -2.54. The summed E-state index contributed by atoms with van der Waals surface area (Å²) >= 11 is 5.98. The van der Waals surface area contributed by atoms with Crippen LogP contribution in [0, 0.1) is 0 Å². The molecule has 126 valence electrons. The van der Waals surface area contributed by atoms with E-state index in [0.717, 1.165) is 4.90 Å². The van der Waals surface area contributed by atoms with Crippen LogP contribution < -0.4 is 15.0 Å². The molecule has 1 aliphatic rings. The van der Waals surface area contributed by atoms with Crippen LogP contribution in [-0.4, -0.2) is 25.0 Å². The molecule has 0 aliphatic carbocycles. The van der Waals surface area contributed by atoms with Gasteiger partial charge in [-0.3, -0.25) is 14.9 Å².